The molecule has 154 valence electrons. The molecule has 1 unspecified atom stereocenters. The fraction of sp³-hybridized carbons (Fsp3) is 0.333. The van der Waals surface area contributed by atoms with Gasteiger partial charge in [0.2, 0.25) is 5.95 Å². The topological polar surface area (TPSA) is 115 Å². The molecular weight excluding hydrogens is 382 g/mol. The highest BCUT2D eigenvalue weighted by Gasteiger charge is 2.28. The van der Waals surface area contributed by atoms with Crippen LogP contribution < -0.4 is 20.9 Å². The number of nitriles is 1. The third-order valence-corrected chi connectivity index (χ3v) is 5.05. The Hall–Kier alpha value is -3.48. The van der Waals surface area contributed by atoms with E-state index in [-0.39, 0.29) is 11.9 Å². The van der Waals surface area contributed by atoms with Gasteiger partial charge in [0, 0.05) is 25.8 Å². The van der Waals surface area contributed by atoms with Crippen LogP contribution in [0.15, 0.2) is 36.3 Å². The lowest BCUT2D eigenvalue weighted by atomic mass is 10.1. The number of anilines is 3. The maximum atomic E-state index is 12.5. The molecule has 2 aromatic rings. The summed E-state index contributed by atoms with van der Waals surface area (Å²) in [5.41, 5.74) is 3.54. The number of nitrogens with one attached hydrogen (secondary N) is 3. The number of aryl methyl sites for hydroxylation is 1. The van der Waals surface area contributed by atoms with E-state index in [2.05, 4.69) is 32.0 Å². The molecule has 1 atom stereocenters. The van der Waals surface area contributed by atoms with E-state index in [1.165, 1.54) is 0 Å². The van der Waals surface area contributed by atoms with E-state index in [0.717, 1.165) is 23.5 Å². The van der Waals surface area contributed by atoms with Crippen molar-refractivity contribution in [3.05, 3.63) is 47.5 Å². The van der Waals surface area contributed by atoms with Crippen molar-refractivity contribution >= 4 is 28.8 Å². The summed E-state index contributed by atoms with van der Waals surface area (Å²) in [6.07, 6.45) is 1.01. The summed E-state index contributed by atoms with van der Waals surface area (Å²) in [4.78, 5) is 23.2. The SMILES string of the molecule is CCN1C(=C(C#N)c2nc(NC(=O)C3CNCCO3)ncc2C)Nc2ccccc21. The molecule has 3 N–H and O–H groups in total. The molecule has 30 heavy (non-hydrogen) atoms. The van der Waals surface area contributed by atoms with Crippen molar-refractivity contribution in [1.29, 1.82) is 5.26 Å². The molecule has 1 aromatic carbocycles. The molecule has 0 bridgehead atoms. The van der Waals surface area contributed by atoms with Crippen LogP contribution in [0.2, 0.25) is 0 Å². The molecule has 0 radical (unpaired) electrons. The zero-order valence-electron chi connectivity index (χ0n) is 16.9. The normalized spacial score (nSPS) is 19.5. The van der Waals surface area contributed by atoms with E-state index in [1.54, 1.807) is 6.20 Å². The third kappa shape index (κ3) is 3.70. The number of amides is 1. The quantitative estimate of drug-likeness (QED) is 0.660. The molecule has 0 saturated carbocycles. The molecule has 1 aromatic heterocycles. The minimum atomic E-state index is -0.595. The Kier molecular flexibility index (Phi) is 5.61. The monoisotopic (exact) mass is 405 g/mol. The number of carbonyl (C=O) groups excluding carboxylic acids is 1. The molecule has 3 heterocycles. The van der Waals surface area contributed by atoms with Crippen LogP contribution in [0.3, 0.4) is 0 Å². The number of allylic oxidation sites excluding steroid dienone is 1. The van der Waals surface area contributed by atoms with Crippen molar-refractivity contribution in [2.24, 2.45) is 0 Å². The standard InChI is InChI=1S/C21H23N7O2/c1-3-28-16-7-5-4-6-15(16)25-19(28)14(10-22)18-13(2)11-24-21(26-18)27-20(29)17-12-23-8-9-30-17/h4-7,11,17,23,25H,3,8-9,12H2,1-2H3,(H,24,26,27,29). The van der Waals surface area contributed by atoms with E-state index in [9.17, 15) is 10.1 Å². The van der Waals surface area contributed by atoms with Crippen LogP contribution in [0, 0.1) is 18.3 Å². The van der Waals surface area contributed by atoms with Crippen LogP contribution in [-0.4, -0.2) is 48.2 Å². The van der Waals surface area contributed by atoms with E-state index in [4.69, 9.17) is 4.74 Å². The molecule has 2 aliphatic rings. The summed E-state index contributed by atoms with van der Waals surface area (Å²) in [5.74, 6) is 0.492. The predicted octanol–water partition coefficient (Wildman–Crippen LogP) is 1.86. The number of nitrogens with zero attached hydrogens (tertiary/aromatic N) is 4. The number of para-hydroxylation sites is 2. The fourth-order valence-electron chi connectivity index (χ4n) is 3.55. The van der Waals surface area contributed by atoms with Crippen molar-refractivity contribution < 1.29 is 9.53 Å². The lowest BCUT2D eigenvalue weighted by Crippen LogP contribution is -2.45. The van der Waals surface area contributed by atoms with Crippen LogP contribution in [-0.2, 0) is 9.53 Å². The Morgan fingerprint density at radius 3 is 3.00 bits per heavy atom. The average molecular weight is 405 g/mol. The van der Waals surface area contributed by atoms with Crippen molar-refractivity contribution in [2.45, 2.75) is 20.0 Å². The van der Waals surface area contributed by atoms with Gasteiger partial charge in [0.15, 0.2) is 0 Å². The van der Waals surface area contributed by atoms with Gasteiger partial charge in [-0.25, -0.2) is 9.97 Å². The number of carbonyl (C=O) groups is 1. The van der Waals surface area contributed by atoms with Gasteiger partial charge in [0.1, 0.15) is 23.6 Å². The predicted molar refractivity (Wildman–Crippen MR) is 114 cm³/mol. The molecule has 1 fully saturated rings. The van der Waals surface area contributed by atoms with Gasteiger partial charge in [-0.2, -0.15) is 5.26 Å². The summed E-state index contributed by atoms with van der Waals surface area (Å²) in [7, 11) is 0. The molecule has 2 aliphatic heterocycles. The van der Waals surface area contributed by atoms with Crippen LogP contribution in [0.25, 0.3) is 5.57 Å². The van der Waals surface area contributed by atoms with Gasteiger partial charge < -0.3 is 20.3 Å². The fourth-order valence-corrected chi connectivity index (χ4v) is 3.55. The Balaban J connectivity index is 1.67. The van der Waals surface area contributed by atoms with Gasteiger partial charge in [-0.05, 0) is 31.5 Å². The number of ether oxygens (including phenoxy) is 1. The second-order valence-corrected chi connectivity index (χ2v) is 7.00. The van der Waals surface area contributed by atoms with Crippen LogP contribution >= 0.6 is 0 Å². The first kappa shape index (κ1) is 19.8. The van der Waals surface area contributed by atoms with Crippen molar-refractivity contribution in [2.75, 3.05) is 41.8 Å². The molecule has 1 amide bonds. The maximum absolute atomic E-state index is 12.5. The molecule has 0 aliphatic carbocycles. The first-order chi connectivity index (χ1) is 14.6. The molecule has 1 saturated heterocycles. The Labute approximate surface area is 174 Å². The van der Waals surface area contributed by atoms with Crippen LogP contribution in [0.1, 0.15) is 18.2 Å². The summed E-state index contributed by atoms with van der Waals surface area (Å²) in [6.45, 7) is 6.18. The molecule has 0 spiro atoms. The third-order valence-electron chi connectivity index (χ3n) is 5.05. The van der Waals surface area contributed by atoms with Gasteiger partial charge in [-0.3, -0.25) is 10.1 Å². The van der Waals surface area contributed by atoms with Crippen LogP contribution in [0.5, 0.6) is 0 Å². The number of fused-ring (bicyclic) bond motifs is 1. The van der Waals surface area contributed by atoms with Gasteiger partial charge in [-0.1, -0.05) is 12.1 Å². The van der Waals surface area contributed by atoms with Gasteiger partial charge in [0.05, 0.1) is 23.7 Å². The zero-order valence-corrected chi connectivity index (χ0v) is 16.9. The second-order valence-electron chi connectivity index (χ2n) is 7.00. The largest absolute Gasteiger partial charge is 0.366 e. The molecule has 9 heteroatoms. The van der Waals surface area contributed by atoms with E-state index < -0.39 is 6.10 Å². The number of hydrogen-bond acceptors (Lipinski definition) is 8. The minimum absolute atomic E-state index is 0.140. The highest BCUT2D eigenvalue weighted by Crippen LogP contribution is 2.38. The van der Waals surface area contributed by atoms with Gasteiger partial charge >= 0.3 is 0 Å². The van der Waals surface area contributed by atoms with Crippen molar-refractivity contribution in [1.82, 2.24) is 15.3 Å². The number of benzene rings is 1. The lowest BCUT2D eigenvalue weighted by Gasteiger charge is -2.22. The summed E-state index contributed by atoms with van der Waals surface area (Å²) >= 11 is 0. The minimum Gasteiger partial charge on any atom is -0.366 e. The summed E-state index contributed by atoms with van der Waals surface area (Å²) < 4.78 is 5.47. The van der Waals surface area contributed by atoms with Gasteiger partial charge in [0.25, 0.3) is 5.91 Å². The maximum Gasteiger partial charge on any atom is 0.257 e. The smallest absolute Gasteiger partial charge is 0.257 e. The first-order valence-corrected chi connectivity index (χ1v) is 9.87. The number of hydrogen-bond donors (Lipinski definition) is 3. The number of rotatable bonds is 4. The molecule has 9 nitrogen and oxygen atoms in total. The Morgan fingerprint density at radius 1 is 1.43 bits per heavy atom. The van der Waals surface area contributed by atoms with Gasteiger partial charge in [-0.15, -0.1) is 0 Å². The summed E-state index contributed by atoms with van der Waals surface area (Å²) in [5, 5.41) is 19.1. The van der Waals surface area contributed by atoms with E-state index in [0.29, 0.717) is 36.8 Å². The van der Waals surface area contributed by atoms with Crippen molar-refractivity contribution in [3.8, 4) is 6.07 Å². The average Bonchev–Trinajstić information content (AvgIpc) is 3.15. The van der Waals surface area contributed by atoms with E-state index in [1.807, 2.05) is 43.0 Å². The van der Waals surface area contributed by atoms with Crippen LogP contribution in [0.4, 0.5) is 17.3 Å². The Bertz CT molecular complexity index is 1040. The first-order valence-electron chi connectivity index (χ1n) is 9.87. The second kappa shape index (κ2) is 8.49. The summed E-state index contributed by atoms with van der Waals surface area (Å²) in [6, 6.07) is 10.2. The molecular formula is C21H23N7O2. The number of morpholine rings is 1. The van der Waals surface area contributed by atoms with Crippen molar-refractivity contribution in [3.63, 3.8) is 0 Å². The lowest BCUT2D eigenvalue weighted by molar-refractivity contribution is -0.128. The zero-order chi connectivity index (χ0) is 21.1. The Morgan fingerprint density at radius 2 is 2.27 bits per heavy atom. The number of aromatic nitrogens is 2. The molecule has 4 rings (SSSR count). The highest BCUT2D eigenvalue weighted by molar-refractivity contribution is 5.94. The highest BCUT2D eigenvalue weighted by atomic mass is 16.5. The van der Waals surface area contributed by atoms with E-state index >= 15 is 0 Å².